The molecule has 0 radical (unpaired) electrons. The molecule has 1 aliphatic rings. The highest BCUT2D eigenvalue weighted by molar-refractivity contribution is 6.40. The minimum atomic E-state index is -1.33. The summed E-state index contributed by atoms with van der Waals surface area (Å²) in [5, 5.41) is 29.3. The Hall–Kier alpha value is -0.625. The summed E-state index contributed by atoms with van der Waals surface area (Å²) < 4.78 is 0. The molecule has 1 fully saturated rings. The molecule has 86 valence electrons. The van der Waals surface area contributed by atoms with Gasteiger partial charge in [0.05, 0.1) is 0 Å². The zero-order valence-corrected chi connectivity index (χ0v) is 8.52. The van der Waals surface area contributed by atoms with Crippen molar-refractivity contribution >= 4 is 13.1 Å². The molecule has 1 aliphatic heterocycles. The van der Waals surface area contributed by atoms with Crippen LogP contribution in [0, 0.1) is 5.92 Å². The van der Waals surface area contributed by atoms with E-state index in [-0.39, 0.29) is 18.8 Å². The number of hydrogen-bond donors (Lipinski definition) is 5. The molecule has 6 N–H and O–H groups in total. The molecule has 0 spiro atoms. The van der Waals surface area contributed by atoms with Crippen molar-refractivity contribution in [1.82, 2.24) is 5.32 Å². The van der Waals surface area contributed by atoms with Gasteiger partial charge in [0.1, 0.15) is 5.54 Å². The second-order valence-corrected chi connectivity index (χ2v) is 4.22. The Kier molecular flexibility index (Phi) is 4.09. The molecule has 1 heterocycles. The first-order valence-electron chi connectivity index (χ1n) is 5.03. The molecular weight excluding hydrogens is 199 g/mol. The summed E-state index contributed by atoms with van der Waals surface area (Å²) >= 11 is 0. The Balaban J connectivity index is 2.45. The molecule has 0 aromatic carbocycles. The van der Waals surface area contributed by atoms with Gasteiger partial charge in [-0.25, -0.2) is 0 Å². The topological polar surface area (TPSA) is 116 Å². The Morgan fingerprint density at radius 3 is 2.80 bits per heavy atom. The van der Waals surface area contributed by atoms with Crippen molar-refractivity contribution in [3.05, 3.63) is 0 Å². The lowest BCUT2D eigenvalue weighted by atomic mass is 9.76. The number of nitrogens with two attached hydrogens (primary N) is 1. The van der Waals surface area contributed by atoms with Crippen LogP contribution in [-0.4, -0.2) is 46.9 Å². The number of hydrogen-bond acceptors (Lipinski definition) is 5. The average Bonchev–Trinajstić information content (AvgIpc) is 2.15. The van der Waals surface area contributed by atoms with Gasteiger partial charge in [-0.15, -0.1) is 0 Å². The normalized spacial score (nSPS) is 31.3. The van der Waals surface area contributed by atoms with E-state index in [4.69, 9.17) is 20.9 Å². The molecule has 0 aliphatic carbocycles. The second kappa shape index (κ2) is 4.93. The summed E-state index contributed by atoms with van der Waals surface area (Å²) in [7, 11) is -1.33. The first-order valence-corrected chi connectivity index (χ1v) is 5.03. The van der Waals surface area contributed by atoms with Crippen LogP contribution < -0.4 is 11.1 Å². The third-order valence-corrected chi connectivity index (χ3v) is 2.79. The van der Waals surface area contributed by atoms with E-state index >= 15 is 0 Å². The van der Waals surface area contributed by atoms with Gasteiger partial charge in [-0.3, -0.25) is 4.79 Å². The molecular formula is C8H17BN2O4. The van der Waals surface area contributed by atoms with Gasteiger partial charge in [-0.1, -0.05) is 6.42 Å². The van der Waals surface area contributed by atoms with E-state index in [2.05, 4.69) is 5.32 Å². The molecule has 0 amide bonds. The molecule has 2 atom stereocenters. The molecule has 0 bridgehead atoms. The standard InChI is InChI=1S/C8H17BN2O4/c10-8(7(12)13)3-6(4-11-5-8)1-2-9(14)15/h6,11,14-15H,1-5,10H2,(H,12,13)/t6?,8-/m1/s1. The van der Waals surface area contributed by atoms with E-state index in [1.54, 1.807) is 0 Å². The minimum absolute atomic E-state index is 0.0849. The lowest BCUT2D eigenvalue weighted by Crippen LogP contribution is -2.60. The number of rotatable bonds is 4. The van der Waals surface area contributed by atoms with Crippen LogP contribution in [0.25, 0.3) is 0 Å². The fraction of sp³-hybridized carbons (Fsp3) is 0.875. The van der Waals surface area contributed by atoms with Gasteiger partial charge in [0.25, 0.3) is 0 Å². The second-order valence-electron chi connectivity index (χ2n) is 4.22. The number of piperidine rings is 1. The van der Waals surface area contributed by atoms with Gasteiger partial charge in [-0.05, 0) is 25.2 Å². The van der Waals surface area contributed by atoms with Crippen molar-refractivity contribution in [3.8, 4) is 0 Å². The maximum Gasteiger partial charge on any atom is 0.451 e. The van der Waals surface area contributed by atoms with Crippen molar-refractivity contribution in [2.45, 2.75) is 24.7 Å². The van der Waals surface area contributed by atoms with Crippen LogP contribution in [0.1, 0.15) is 12.8 Å². The molecule has 7 heteroatoms. The Bertz CT molecular complexity index is 239. The molecule has 1 saturated heterocycles. The zero-order chi connectivity index (χ0) is 11.5. The highest BCUT2D eigenvalue weighted by Crippen LogP contribution is 2.23. The minimum Gasteiger partial charge on any atom is -0.480 e. The largest absolute Gasteiger partial charge is 0.480 e. The lowest BCUT2D eigenvalue weighted by molar-refractivity contribution is -0.144. The number of carboxylic acid groups (broad SMARTS) is 1. The molecule has 0 aromatic rings. The van der Waals surface area contributed by atoms with Crippen LogP contribution in [0.2, 0.25) is 6.32 Å². The summed E-state index contributed by atoms with van der Waals surface area (Å²) in [6.07, 6.45) is 1.20. The van der Waals surface area contributed by atoms with Crippen LogP contribution in [0.3, 0.4) is 0 Å². The maximum atomic E-state index is 10.9. The van der Waals surface area contributed by atoms with Crippen LogP contribution in [0.5, 0.6) is 0 Å². The number of aliphatic carboxylic acids is 1. The summed E-state index contributed by atoms with van der Waals surface area (Å²) in [5.41, 5.74) is 4.49. The summed E-state index contributed by atoms with van der Waals surface area (Å²) in [5.74, 6) is -0.925. The van der Waals surface area contributed by atoms with Crippen molar-refractivity contribution in [3.63, 3.8) is 0 Å². The predicted molar refractivity (Wildman–Crippen MR) is 55.1 cm³/mol. The number of carbonyl (C=O) groups is 1. The maximum absolute atomic E-state index is 10.9. The Morgan fingerprint density at radius 1 is 1.60 bits per heavy atom. The van der Waals surface area contributed by atoms with Crippen molar-refractivity contribution < 1.29 is 19.9 Å². The monoisotopic (exact) mass is 216 g/mol. The summed E-state index contributed by atoms with van der Waals surface area (Å²) in [6, 6.07) is 0. The molecule has 6 nitrogen and oxygen atoms in total. The van der Waals surface area contributed by atoms with E-state index in [1.165, 1.54) is 0 Å². The quantitative estimate of drug-likeness (QED) is 0.355. The van der Waals surface area contributed by atoms with Gasteiger partial charge < -0.3 is 26.2 Å². The van der Waals surface area contributed by atoms with E-state index in [0.717, 1.165) is 0 Å². The number of carboxylic acids is 1. The van der Waals surface area contributed by atoms with Crippen molar-refractivity contribution in [1.29, 1.82) is 0 Å². The van der Waals surface area contributed by atoms with Crippen LogP contribution >= 0.6 is 0 Å². The number of nitrogens with one attached hydrogen (secondary N) is 1. The van der Waals surface area contributed by atoms with Gasteiger partial charge in [0.15, 0.2) is 0 Å². The summed E-state index contributed by atoms with van der Waals surface area (Å²) in [6.45, 7) is 0.944. The van der Waals surface area contributed by atoms with Crippen LogP contribution in [-0.2, 0) is 4.79 Å². The highest BCUT2D eigenvalue weighted by atomic mass is 16.4. The Morgan fingerprint density at radius 2 is 2.27 bits per heavy atom. The van der Waals surface area contributed by atoms with Crippen LogP contribution in [0.4, 0.5) is 0 Å². The van der Waals surface area contributed by atoms with E-state index in [0.29, 0.717) is 19.4 Å². The molecule has 15 heavy (non-hydrogen) atoms. The van der Waals surface area contributed by atoms with Crippen molar-refractivity contribution in [2.75, 3.05) is 13.1 Å². The smallest absolute Gasteiger partial charge is 0.451 e. The third-order valence-electron chi connectivity index (χ3n) is 2.79. The van der Waals surface area contributed by atoms with E-state index < -0.39 is 18.6 Å². The highest BCUT2D eigenvalue weighted by Gasteiger charge is 2.39. The Labute approximate surface area is 88.6 Å². The fourth-order valence-electron chi connectivity index (χ4n) is 1.91. The molecule has 1 unspecified atom stereocenters. The first-order chi connectivity index (χ1) is 6.94. The molecule has 0 aromatic heterocycles. The lowest BCUT2D eigenvalue weighted by Gasteiger charge is -2.35. The average molecular weight is 216 g/mol. The van der Waals surface area contributed by atoms with Crippen molar-refractivity contribution in [2.24, 2.45) is 11.7 Å². The first kappa shape index (κ1) is 12.4. The fourth-order valence-corrected chi connectivity index (χ4v) is 1.91. The predicted octanol–water partition coefficient (Wildman–Crippen LogP) is -1.76. The van der Waals surface area contributed by atoms with Gasteiger partial charge in [0, 0.05) is 6.54 Å². The molecule has 0 saturated carbocycles. The van der Waals surface area contributed by atoms with Gasteiger partial charge >= 0.3 is 13.1 Å². The summed E-state index contributed by atoms with van der Waals surface area (Å²) in [4.78, 5) is 10.9. The van der Waals surface area contributed by atoms with E-state index in [9.17, 15) is 4.79 Å². The SMILES string of the molecule is N[C@@]1(C(=O)O)CNCC(CCB(O)O)C1. The zero-order valence-electron chi connectivity index (χ0n) is 8.52. The third kappa shape index (κ3) is 3.46. The van der Waals surface area contributed by atoms with Crippen LogP contribution in [0.15, 0.2) is 0 Å². The van der Waals surface area contributed by atoms with Gasteiger partial charge in [-0.2, -0.15) is 0 Å². The molecule has 1 rings (SSSR count). The van der Waals surface area contributed by atoms with Gasteiger partial charge in [0.2, 0.25) is 0 Å². The van der Waals surface area contributed by atoms with E-state index in [1.807, 2.05) is 0 Å².